The summed E-state index contributed by atoms with van der Waals surface area (Å²) in [7, 11) is 4.54. The quantitative estimate of drug-likeness (QED) is 0.489. The number of carbonyl (C=O) groups is 1. The lowest BCUT2D eigenvalue weighted by Crippen LogP contribution is -2.12. The molecular formula is C22H19N3O4S. The number of amides is 1. The minimum absolute atomic E-state index is 0.292. The number of benzene rings is 2. The van der Waals surface area contributed by atoms with Crippen molar-refractivity contribution in [3.8, 4) is 27.8 Å². The molecule has 0 fully saturated rings. The molecule has 0 bridgehead atoms. The van der Waals surface area contributed by atoms with Crippen LogP contribution in [-0.2, 0) is 0 Å². The standard InChI is InChI=1S/C22H19N3O4S/c1-27-17-10-14(11-18(28-2)20(17)29-3)21(26)24-15-6-4-5-13(9-15)22-25-16-12-23-8-7-19(16)30-22/h4-12H,1-3H3,(H,24,26). The fraction of sp³-hybridized carbons (Fsp3) is 0.136. The summed E-state index contributed by atoms with van der Waals surface area (Å²) in [4.78, 5) is 21.6. The second kappa shape index (κ2) is 8.38. The van der Waals surface area contributed by atoms with E-state index in [9.17, 15) is 4.79 Å². The molecule has 0 aliphatic carbocycles. The van der Waals surface area contributed by atoms with Crippen LogP contribution in [0.25, 0.3) is 20.8 Å². The molecule has 0 aliphatic heterocycles. The predicted molar refractivity (Wildman–Crippen MR) is 117 cm³/mol. The fourth-order valence-corrected chi connectivity index (χ4v) is 3.98. The molecule has 2 aromatic carbocycles. The Morgan fingerprint density at radius 3 is 2.43 bits per heavy atom. The van der Waals surface area contributed by atoms with Crippen molar-refractivity contribution in [1.82, 2.24) is 9.97 Å². The first-order chi connectivity index (χ1) is 14.6. The largest absolute Gasteiger partial charge is 0.493 e. The van der Waals surface area contributed by atoms with Gasteiger partial charge in [-0.25, -0.2) is 4.98 Å². The van der Waals surface area contributed by atoms with E-state index in [1.54, 1.807) is 35.9 Å². The molecular weight excluding hydrogens is 402 g/mol. The van der Waals surface area contributed by atoms with Crippen LogP contribution >= 0.6 is 11.3 Å². The number of aromatic nitrogens is 2. The minimum Gasteiger partial charge on any atom is -0.493 e. The van der Waals surface area contributed by atoms with Crippen molar-refractivity contribution < 1.29 is 19.0 Å². The molecule has 1 amide bonds. The van der Waals surface area contributed by atoms with E-state index in [0.29, 0.717) is 28.5 Å². The highest BCUT2D eigenvalue weighted by Gasteiger charge is 2.17. The van der Waals surface area contributed by atoms with E-state index < -0.39 is 0 Å². The van der Waals surface area contributed by atoms with Crippen molar-refractivity contribution in [3.63, 3.8) is 0 Å². The van der Waals surface area contributed by atoms with Gasteiger partial charge in [0.2, 0.25) is 5.75 Å². The monoisotopic (exact) mass is 421 g/mol. The average molecular weight is 421 g/mol. The number of hydrogen-bond donors (Lipinski definition) is 1. The van der Waals surface area contributed by atoms with Crippen molar-refractivity contribution in [2.45, 2.75) is 0 Å². The first kappa shape index (κ1) is 19.7. The summed E-state index contributed by atoms with van der Waals surface area (Å²) in [5.41, 5.74) is 2.81. The molecule has 0 aliphatic rings. The van der Waals surface area contributed by atoms with Gasteiger partial charge in [-0.05, 0) is 30.3 Å². The number of ether oxygens (including phenoxy) is 3. The summed E-state index contributed by atoms with van der Waals surface area (Å²) >= 11 is 1.58. The number of fused-ring (bicyclic) bond motifs is 1. The molecule has 0 saturated carbocycles. The van der Waals surface area contributed by atoms with Crippen LogP contribution in [0.5, 0.6) is 17.2 Å². The van der Waals surface area contributed by atoms with Crippen LogP contribution in [0.4, 0.5) is 5.69 Å². The molecule has 152 valence electrons. The molecule has 0 saturated heterocycles. The summed E-state index contributed by atoms with van der Waals surface area (Å²) in [6.45, 7) is 0. The van der Waals surface area contributed by atoms with Crippen molar-refractivity contribution in [2.24, 2.45) is 0 Å². The summed E-state index contributed by atoms with van der Waals surface area (Å²) in [6, 6.07) is 12.7. The number of pyridine rings is 1. The highest BCUT2D eigenvalue weighted by molar-refractivity contribution is 7.21. The van der Waals surface area contributed by atoms with E-state index in [1.807, 2.05) is 30.3 Å². The van der Waals surface area contributed by atoms with Crippen molar-refractivity contribution in [3.05, 3.63) is 60.4 Å². The molecule has 2 aromatic heterocycles. The van der Waals surface area contributed by atoms with E-state index in [2.05, 4.69) is 15.3 Å². The van der Waals surface area contributed by atoms with Gasteiger partial charge in [0.1, 0.15) is 10.5 Å². The maximum absolute atomic E-state index is 12.9. The average Bonchev–Trinajstić information content (AvgIpc) is 3.22. The van der Waals surface area contributed by atoms with Gasteiger partial charge in [0, 0.05) is 23.0 Å². The fourth-order valence-electron chi connectivity index (χ4n) is 3.05. The lowest BCUT2D eigenvalue weighted by molar-refractivity contribution is 0.102. The molecule has 30 heavy (non-hydrogen) atoms. The first-order valence-corrected chi connectivity index (χ1v) is 9.87. The van der Waals surface area contributed by atoms with Gasteiger partial charge >= 0.3 is 0 Å². The number of methoxy groups -OCH3 is 3. The Balaban J connectivity index is 1.62. The second-order valence-corrected chi connectivity index (χ2v) is 7.34. The molecule has 0 radical (unpaired) electrons. The van der Waals surface area contributed by atoms with Crippen LogP contribution in [0, 0.1) is 0 Å². The van der Waals surface area contributed by atoms with E-state index in [-0.39, 0.29) is 5.91 Å². The molecule has 1 N–H and O–H groups in total. The van der Waals surface area contributed by atoms with Gasteiger partial charge in [-0.2, -0.15) is 0 Å². The Morgan fingerprint density at radius 2 is 1.77 bits per heavy atom. The van der Waals surface area contributed by atoms with Crippen molar-refractivity contribution in [2.75, 3.05) is 26.6 Å². The Morgan fingerprint density at radius 1 is 1.00 bits per heavy atom. The third kappa shape index (κ3) is 3.77. The van der Waals surface area contributed by atoms with Crippen molar-refractivity contribution in [1.29, 1.82) is 0 Å². The number of carbonyl (C=O) groups excluding carboxylic acids is 1. The van der Waals surface area contributed by atoms with Gasteiger partial charge in [0.15, 0.2) is 11.5 Å². The molecule has 4 rings (SSSR count). The van der Waals surface area contributed by atoms with Crippen LogP contribution in [0.2, 0.25) is 0 Å². The molecule has 7 nitrogen and oxygen atoms in total. The first-order valence-electron chi connectivity index (χ1n) is 9.05. The zero-order valence-electron chi connectivity index (χ0n) is 16.6. The highest BCUT2D eigenvalue weighted by atomic mass is 32.1. The third-order valence-corrected chi connectivity index (χ3v) is 5.57. The second-order valence-electron chi connectivity index (χ2n) is 6.31. The molecule has 8 heteroatoms. The van der Waals surface area contributed by atoms with Gasteiger partial charge in [0.05, 0.1) is 32.2 Å². The number of nitrogens with zero attached hydrogens (tertiary/aromatic N) is 2. The Labute approximate surface area is 177 Å². The van der Waals surface area contributed by atoms with Crippen LogP contribution in [0.1, 0.15) is 10.4 Å². The van der Waals surface area contributed by atoms with Gasteiger partial charge in [-0.3, -0.25) is 9.78 Å². The van der Waals surface area contributed by atoms with Gasteiger partial charge in [-0.1, -0.05) is 12.1 Å². The molecule has 0 spiro atoms. The Kier molecular flexibility index (Phi) is 5.49. The molecule has 2 heterocycles. The van der Waals surface area contributed by atoms with E-state index in [4.69, 9.17) is 14.2 Å². The summed E-state index contributed by atoms with van der Waals surface area (Å²) < 4.78 is 17.0. The Bertz CT molecular complexity index is 1160. The summed E-state index contributed by atoms with van der Waals surface area (Å²) in [5.74, 6) is 0.974. The van der Waals surface area contributed by atoms with E-state index in [0.717, 1.165) is 20.8 Å². The van der Waals surface area contributed by atoms with Crippen LogP contribution < -0.4 is 19.5 Å². The molecule has 0 unspecified atom stereocenters. The summed E-state index contributed by atoms with van der Waals surface area (Å²) in [6.07, 6.45) is 3.49. The predicted octanol–water partition coefficient (Wildman–Crippen LogP) is 4.64. The lowest BCUT2D eigenvalue weighted by atomic mass is 10.1. The summed E-state index contributed by atoms with van der Waals surface area (Å²) in [5, 5.41) is 3.78. The van der Waals surface area contributed by atoms with Crippen LogP contribution in [0.15, 0.2) is 54.9 Å². The number of hydrogen-bond acceptors (Lipinski definition) is 7. The number of thiazole rings is 1. The minimum atomic E-state index is -0.292. The van der Waals surface area contributed by atoms with Gasteiger partial charge in [0.25, 0.3) is 5.91 Å². The van der Waals surface area contributed by atoms with Crippen molar-refractivity contribution >= 4 is 33.1 Å². The number of nitrogens with one attached hydrogen (secondary N) is 1. The highest BCUT2D eigenvalue weighted by Crippen LogP contribution is 2.38. The number of anilines is 1. The number of rotatable bonds is 6. The topological polar surface area (TPSA) is 82.6 Å². The van der Waals surface area contributed by atoms with Crippen LogP contribution in [-0.4, -0.2) is 37.2 Å². The SMILES string of the molecule is COc1cc(C(=O)Nc2cccc(-c3nc4cnccc4s3)c2)cc(OC)c1OC. The zero-order valence-corrected chi connectivity index (χ0v) is 17.4. The zero-order chi connectivity index (χ0) is 21.1. The normalized spacial score (nSPS) is 10.6. The lowest BCUT2D eigenvalue weighted by Gasteiger charge is -2.14. The molecule has 4 aromatic rings. The van der Waals surface area contributed by atoms with E-state index >= 15 is 0 Å². The maximum Gasteiger partial charge on any atom is 0.255 e. The maximum atomic E-state index is 12.9. The Hall–Kier alpha value is -3.65. The smallest absolute Gasteiger partial charge is 0.255 e. The van der Waals surface area contributed by atoms with Gasteiger partial charge < -0.3 is 19.5 Å². The van der Waals surface area contributed by atoms with E-state index in [1.165, 1.54) is 21.3 Å². The van der Waals surface area contributed by atoms with Crippen LogP contribution in [0.3, 0.4) is 0 Å². The molecule has 0 atom stereocenters. The van der Waals surface area contributed by atoms with Gasteiger partial charge in [-0.15, -0.1) is 11.3 Å². The third-order valence-electron chi connectivity index (χ3n) is 4.48.